The van der Waals surface area contributed by atoms with E-state index >= 15 is 0 Å². The van der Waals surface area contributed by atoms with E-state index in [1.807, 2.05) is 0 Å². The van der Waals surface area contributed by atoms with Gasteiger partial charge >= 0.3 is 10.1 Å². The van der Waals surface area contributed by atoms with Gasteiger partial charge in [0.05, 0.1) is 9.95 Å². The first kappa shape index (κ1) is 16.1. The lowest BCUT2D eigenvalue weighted by Crippen LogP contribution is -2.11. The van der Waals surface area contributed by atoms with E-state index in [0.29, 0.717) is 5.56 Å². The van der Waals surface area contributed by atoms with Gasteiger partial charge < -0.3 is 9.92 Å². The predicted molar refractivity (Wildman–Crippen MR) is 81.5 cm³/mol. The fourth-order valence-corrected chi connectivity index (χ4v) is 3.05. The molecule has 9 heteroatoms. The Labute approximate surface area is 131 Å². The van der Waals surface area contributed by atoms with E-state index in [0.717, 1.165) is 18.2 Å². The van der Waals surface area contributed by atoms with Crippen LogP contribution in [0, 0.1) is 17.0 Å². The summed E-state index contributed by atoms with van der Waals surface area (Å²) in [7, 11) is -4.28. The minimum Gasteiger partial charge on any atom is -0.393 e. The quantitative estimate of drug-likeness (QED) is 0.395. The van der Waals surface area contributed by atoms with E-state index in [1.165, 1.54) is 6.07 Å². The maximum atomic E-state index is 12.2. The van der Waals surface area contributed by atoms with Gasteiger partial charge in [0.2, 0.25) is 0 Å². The normalized spacial score (nSPS) is 11.2. The molecule has 0 saturated carbocycles. The molecule has 2 aromatic carbocycles. The summed E-state index contributed by atoms with van der Waals surface area (Å²) in [6.07, 6.45) is 0. The minimum atomic E-state index is -4.28. The van der Waals surface area contributed by atoms with Gasteiger partial charge in [0.25, 0.3) is 5.69 Å². The molecule has 0 unspecified atom stereocenters. The van der Waals surface area contributed by atoms with Gasteiger partial charge in [-0.3, -0.25) is 10.1 Å². The number of hydrogen-bond acceptors (Lipinski definition) is 6. The fourth-order valence-electron chi connectivity index (χ4n) is 1.72. The van der Waals surface area contributed by atoms with Crippen LogP contribution in [0.2, 0.25) is 5.02 Å². The van der Waals surface area contributed by atoms with Crippen molar-refractivity contribution in [1.82, 2.24) is 0 Å². The van der Waals surface area contributed by atoms with E-state index in [9.17, 15) is 18.5 Å². The van der Waals surface area contributed by atoms with Crippen molar-refractivity contribution >= 4 is 33.1 Å². The maximum absolute atomic E-state index is 12.2. The Morgan fingerprint density at radius 3 is 2.55 bits per heavy atom. The molecule has 2 N–H and O–H groups in total. The molecule has 0 radical (unpaired) electrons. The zero-order chi connectivity index (χ0) is 16.5. The number of nitrogen functional groups attached to an aromatic ring is 1. The number of rotatable bonds is 4. The summed E-state index contributed by atoms with van der Waals surface area (Å²) < 4.78 is 29.5. The van der Waals surface area contributed by atoms with Gasteiger partial charge in [-0.05, 0) is 30.7 Å². The second kappa shape index (κ2) is 5.82. The van der Waals surface area contributed by atoms with Crippen molar-refractivity contribution in [2.45, 2.75) is 11.8 Å². The van der Waals surface area contributed by atoms with Crippen molar-refractivity contribution in [3.63, 3.8) is 0 Å². The molecule has 0 atom stereocenters. The lowest BCUT2D eigenvalue weighted by Gasteiger charge is -2.11. The largest absolute Gasteiger partial charge is 0.393 e. The van der Waals surface area contributed by atoms with Crippen molar-refractivity contribution in [2.75, 3.05) is 5.73 Å². The molecule has 2 rings (SSSR count). The van der Waals surface area contributed by atoms with Crippen molar-refractivity contribution in [3.8, 4) is 5.75 Å². The smallest absolute Gasteiger partial charge is 0.339 e. The van der Waals surface area contributed by atoms with Crippen molar-refractivity contribution in [2.24, 2.45) is 0 Å². The van der Waals surface area contributed by atoms with E-state index in [1.54, 1.807) is 19.1 Å². The molecule has 0 aromatic heterocycles. The number of nitrogens with two attached hydrogens (primary N) is 1. The Kier molecular flexibility index (Phi) is 4.25. The molecule has 0 aliphatic carbocycles. The second-order valence-electron chi connectivity index (χ2n) is 4.40. The summed E-state index contributed by atoms with van der Waals surface area (Å²) in [4.78, 5) is 9.69. The van der Waals surface area contributed by atoms with Gasteiger partial charge in [-0.2, -0.15) is 8.42 Å². The highest BCUT2D eigenvalue weighted by Crippen LogP contribution is 2.32. The number of para-hydroxylation sites is 1. The van der Waals surface area contributed by atoms with E-state index in [2.05, 4.69) is 0 Å². The number of anilines is 1. The highest BCUT2D eigenvalue weighted by molar-refractivity contribution is 7.87. The number of nitro groups is 1. The van der Waals surface area contributed by atoms with Crippen LogP contribution in [0.4, 0.5) is 11.4 Å². The molecule has 22 heavy (non-hydrogen) atoms. The molecule has 0 aliphatic heterocycles. The van der Waals surface area contributed by atoms with Crippen LogP contribution in [0.25, 0.3) is 0 Å². The highest BCUT2D eigenvalue weighted by Gasteiger charge is 2.23. The topological polar surface area (TPSA) is 113 Å². The summed E-state index contributed by atoms with van der Waals surface area (Å²) in [6.45, 7) is 1.63. The lowest BCUT2D eigenvalue weighted by molar-refractivity contribution is -0.384. The summed E-state index contributed by atoms with van der Waals surface area (Å²) in [5.41, 5.74) is 5.30. The molecule has 7 nitrogen and oxygen atoms in total. The molecule has 2 aromatic rings. The summed E-state index contributed by atoms with van der Waals surface area (Å²) in [5, 5.41) is 11.0. The van der Waals surface area contributed by atoms with Gasteiger partial charge in [0.1, 0.15) is 10.6 Å². The molecule has 116 valence electrons. The van der Waals surface area contributed by atoms with Crippen molar-refractivity contribution < 1.29 is 17.5 Å². The second-order valence-corrected chi connectivity index (χ2v) is 6.35. The van der Waals surface area contributed by atoms with Gasteiger partial charge in [-0.25, -0.2) is 0 Å². The molecule has 0 aliphatic rings. The third-order valence-electron chi connectivity index (χ3n) is 2.84. The van der Waals surface area contributed by atoms with Crippen LogP contribution in [0.5, 0.6) is 5.75 Å². The lowest BCUT2D eigenvalue weighted by atomic mass is 10.2. The van der Waals surface area contributed by atoms with Crippen LogP contribution in [0.1, 0.15) is 5.56 Å². The van der Waals surface area contributed by atoms with E-state index in [-0.39, 0.29) is 21.4 Å². The monoisotopic (exact) mass is 342 g/mol. The Hall–Kier alpha value is -2.32. The van der Waals surface area contributed by atoms with Crippen LogP contribution >= 0.6 is 11.6 Å². The summed E-state index contributed by atoms with van der Waals surface area (Å²) >= 11 is 5.91. The third kappa shape index (κ3) is 3.12. The number of nitrogens with zero attached hydrogens (tertiary/aromatic N) is 1. The average molecular weight is 343 g/mol. The number of aryl methyl sites for hydroxylation is 1. The molecule has 0 fully saturated rings. The van der Waals surface area contributed by atoms with E-state index in [4.69, 9.17) is 21.5 Å². The maximum Gasteiger partial charge on any atom is 0.339 e. The van der Waals surface area contributed by atoms with Gasteiger partial charge in [0, 0.05) is 6.07 Å². The molecule has 0 spiro atoms. The number of hydrogen-bond donors (Lipinski definition) is 1. The zero-order valence-electron chi connectivity index (χ0n) is 11.3. The third-order valence-corrected chi connectivity index (χ3v) is 4.36. The van der Waals surface area contributed by atoms with Crippen LogP contribution in [0.3, 0.4) is 0 Å². The Bertz CT molecular complexity index is 831. The zero-order valence-corrected chi connectivity index (χ0v) is 12.9. The standard InChI is InChI=1S/C13H11ClN2O5S/c1-8-3-2-4-10(14)13(8)21-22(19,20)9-5-6-11(15)12(7-9)16(17)18/h2-7H,15H2,1H3. The first-order chi connectivity index (χ1) is 10.2. The Morgan fingerprint density at radius 2 is 1.95 bits per heavy atom. The highest BCUT2D eigenvalue weighted by atomic mass is 35.5. The average Bonchev–Trinajstić information content (AvgIpc) is 2.43. The van der Waals surface area contributed by atoms with Gasteiger partial charge in [-0.15, -0.1) is 0 Å². The Morgan fingerprint density at radius 1 is 1.27 bits per heavy atom. The molecule has 0 amide bonds. The summed E-state index contributed by atoms with van der Waals surface area (Å²) in [5.74, 6) is -0.0244. The van der Waals surface area contributed by atoms with Crippen LogP contribution in [-0.2, 0) is 10.1 Å². The Balaban J connectivity index is 2.48. The van der Waals surface area contributed by atoms with Crippen LogP contribution < -0.4 is 9.92 Å². The predicted octanol–water partition coefficient (Wildman–Crippen LogP) is 2.91. The minimum absolute atomic E-state index is 0.0244. The number of benzene rings is 2. The van der Waals surface area contributed by atoms with E-state index < -0.39 is 20.7 Å². The van der Waals surface area contributed by atoms with Crippen molar-refractivity contribution in [1.29, 1.82) is 0 Å². The molecule has 0 saturated heterocycles. The van der Waals surface area contributed by atoms with Gasteiger partial charge in [0.15, 0.2) is 5.75 Å². The molecular weight excluding hydrogens is 332 g/mol. The fraction of sp³-hybridized carbons (Fsp3) is 0.0769. The van der Waals surface area contributed by atoms with Crippen molar-refractivity contribution in [3.05, 3.63) is 57.1 Å². The molecule has 0 heterocycles. The first-order valence-electron chi connectivity index (χ1n) is 5.96. The number of nitro benzene ring substituents is 1. The molecular formula is C13H11ClN2O5S. The van der Waals surface area contributed by atoms with Gasteiger partial charge in [-0.1, -0.05) is 23.7 Å². The summed E-state index contributed by atoms with van der Waals surface area (Å²) in [6, 6.07) is 7.85. The number of halogens is 1. The molecule has 0 bridgehead atoms. The van der Waals surface area contributed by atoms with Crippen LogP contribution in [0.15, 0.2) is 41.3 Å². The SMILES string of the molecule is Cc1cccc(Cl)c1OS(=O)(=O)c1ccc(N)c([N+](=O)[O-])c1. The first-order valence-corrected chi connectivity index (χ1v) is 7.74. The van der Waals surface area contributed by atoms with Crippen LogP contribution in [-0.4, -0.2) is 13.3 Å².